The Morgan fingerprint density at radius 3 is 3.00 bits per heavy atom. The summed E-state index contributed by atoms with van der Waals surface area (Å²) in [6.45, 7) is 2.88. The fourth-order valence-corrected chi connectivity index (χ4v) is 1.65. The SMILES string of the molecule is CCNC(c1ncc[nH]1)c1cnccc1N. The number of nitrogens with two attached hydrogens (primary N) is 1. The van der Waals surface area contributed by atoms with E-state index in [9.17, 15) is 0 Å². The van der Waals surface area contributed by atoms with Crippen molar-refractivity contribution in [3.05, 3.63) is 42.2 Å². The Kier molecular flexibility index (Phi) is 3.16. The molecule has 0 aromatic carbocycles. The monoisotopic (exact) mass is 217 g/mol. The third-order valence-electron chi connectivity index (χ3n) is 2.40. The van der Waals surface area contributed by atoms with Crippen LogP contribution in [0.25, 0.3) is 0 Å². The summed E-state index contributed by atoms with van der Waals surface area (Å²) in [5.74, 6) is 0.849. The van der Waals surface area contributed by atoms with Crippen molar-refractivity contribution >= 4 is 5.69 Å². The van der Waals surface area contributed by atoms with Crippen molar-refractivity contribution in [3.8, 4) is 0 Å². The Balaban J connectivity index is 2.37. The summed E-state index contributed by atoms with van der Waals surface area (Å²) in [5, 5.41) is 3.33. The second-order valence-electron chi connectivity index (χ2n) is 3.47. The van der Waals surface area contributed by atoms with E-state index in [-0.39, 0.29) is 6.04 Å². The Bertz CT molecular complexity index is 437. The predicted octanol–water partition coefficient (Wildman–Crippen LogP) is 1.09. The minimum absolute atomic E-state index is 0.0336. The average Bonchev–Trinajstić information content (AvgIpc) is 2.80. The van der Waals surface area contributed by atoms with E-state index in [2.05, 4.69) is 20.3 Å². The lowest BCUT2D eigenvalue weighted by Crippen LogP contribution is -2.24. The van der Waals surface area contributed by atoms with Crippen molar-refractivity contribution < 1.29 is 0 Å². The van der Waals surface area contributed by atoms with Gasteiger partial charge in [-0.1, -0.05) is 6.92 Å². The highest BCUT2D eigenvalue weighted by Crippen LogP contribution is 2.23. The van der Waals surface area contributed by atoms with E-state index in [1.54, 1.807) is 30.9 Å². The number of imidazole rings is 1. The van der Waals surface area contributed by atoms with Gasteiger partial charge in [-0.15, -0.1) is 0 Å². The largest absolute Gasteiger partial charge is 0.398 e. The Morgan fingerprint density at radius 1 is 1.50 bits per heavy atom. The minimum Gasteiger partial charge on any atom is -0.398 e. The molecular formula is C11H15N5. The molecule has 5 nitrogen and oxygen atoms in total. The number of anilines is 1. The fourth-order valence-electron chi connectivity index (χ4n) is 1.65. The van der Waals surface area contributed by atoms with E-state index in [0.717, 1.165) is 23.6 Å². The molecule has 5 heteroatoms. The van der Waals surface area contributed by atoms with Gasteiger partial charge < -0.3 is 16.0 Å². The third-order valence-corrected chi connectivity index (χ3v) is 2.40. The quantitative estimate of drug-likeness (QED) is 0.716. The summed E-state index contributed by atoms with van der Waals surface area (Å²) in [4.78, 5) is 11.4. The van der Waals surface area contributed by atoms with Crippen molar-refractivity contribution in [2.75, 3.05) is 12.3 Å². The van der Waals surface area contributed by atoms with Crippen molar-refractivity contribution in [2.24, 2.45) is 0 Å². The molecule has 16 heavy (non-hydrogen) atoms. The lowest BCUT2D eigenvalue weighted by atomic mass is 10.1. The molecule has 0 amide bonds. The number of nitrogens with one attached hydrogen (secondary N) is 2. The van der Waals surface area contributed by atoms with Crippen LogP contribution in [-0.4, -0.2) is 21.5 Å². The summed E-state index contributed by atoms with van der Waals surface area (Å²) >= 11 is 0. The van der Waals surface area contributed by atoms with Crippen molar-refractivity contribution in [1.29, 1.82) is 0 Å². The zero-order chi connectivity index (χ0) is 11.4. The number of pyridine rings is 1. The van der Waals surface area contributed by atoms with Crippen LogP contribution in [0.4, 0.5) is 5.69 Å². The summed E-state index contributed by atoms with van der Waals surface area (Å²) in [6, 6.07) is 1.76. The molecule has 4 N–H and O–H groups in total. The topological polar surface area (TPSA) is 79.6 Å². The number of nitrogen functional groups attached to an aromatic ring is 1. The van der Waals surface area contributed by atoms with Gasteiger partial charge in [-0.05, 0) is 12.6 Å². The van der Waals surface area contributed by atoms with Crippen LogP contribution in [0.15, 0.2) is 30.9 Å². The van der Waals surface area contributed by atoms with Gasteiger partial charge in [0.15, 0.2) is 0 Å². The molecule has 0 saturated heterocycles. The standard InChI is InChI=1S/C11H15N5/c1-2-14-10(11-15-5-6-16-11)8-7-13-4-3-9(8)12/h3-7,10,14H,2H2,1H3,(H2,12,13)(H,15,16). The highest BCUT2D eigenvalue weighted by Gasteiger charge is 2.17. The first-order valence-corrected chi connectivity index (χ1v) is 5.25. The maximum absolute atomic E-state index is 5.94. The molecule has 0 aliphatic carbocycles. The van der Waals surface area contributed by atoms with Gasteiger partial charge in [0.2, 0.25) is 0 Å². The van der Waals surface area contributed by atoms with Gasteiger partial charge in [-0.3, -0.25) is 4.98 Å². The summed E-state index contributed by atoms with van der Waals surface area (Å²) in [6.07, 6.45) is 6.98. The van der Waals surface area contributed by atoms with E-state index in [1.807, 2.05) is 6.92 Å². The highest BCUT2D eigenvalue weighted by atomic mass is 15.0. The van der Waals surface area contributed by atoms with Gasteiger partial charge in [0.05, 0.1) is 6.04 Å². The van der Waals surface area contributed by atoms with Crippen LogP contribution in [0.1, 0.15) is 24.4 Å². The van der Waals surface area contributed by atoms with Crippen LogP contribution in [-0.2, 0) is 0 Å². The van der Waals surface area contributed by atoms with Crippen LogP contribution < -0.4 is 11.1 Å². The predicted molar refractivity (Wildman–Crippen MR) is 62.8 cm³/mol. The fraction of sp³-hybridized carbons (Fsp3) is 0.273. The minimum atomic E-state index is -0.0336. The van der Waals surface area contributed by atoms with Crippen molar-refractivity contribution in [2.45, 2.75) is 13.0 Å². The molecule has 2 heterocycles. The van der Waals surface area contributed by atoms with Gasteiger partial charge >= 0.3 is 0 Å². The molecule has 2 rings (SSSR count). The second-order valence-corrected chi connectivity index (χ2v) is 3.47. The molecule has 0 aliphatic rings. The Labute approximate surface area is 94.1 Å². The molecule has 0 spiro atoms. The molecule has 0 bridgehead atoms. The van der Waals surface area contributed by atoms with Crippen molar-refractivity contribution in [1.82, 2.24) is 20.3 Å². The molecule has 2 aromatic rings. The Hall–Kier alpha value is -1.88. The lowest BCUT2D eigenvalue weighted by molar-refractivity contribution is 0.603. The van der Waals surface area contributed by atoms with Gasteiger partial charge in [0, 0.05) is 36.0 Å². The van der Waals surface area contributed by atoms with E-state index >= 15 is 0 Å². The second kappa shape index (κ2) is 4.76. The lowest BCUT2D eigenvalue weighted by Gasteiger charge is -2.17. The first-order chi connectivity index (χ1) is 7.83. The molecule has 2 aromatic heterocycles. The molecular weight excluding hydrogens is 202 g/mol. The van der Waals surface area contributed by atoms with Crippen LogP contribution in [0.2, 0.25) is 0 Å². The zero-order valence-corrected chi connectivity index (χ0v) is 9.14. The third kappa shape index (κ3) is 2.04. The summed E-state index contributed by atoms with van der Waals surface area (Å²) in [5.41, 5.74) is 7.60. The van der Waals surface area contributed by atoms with Gasteiger partial charge in [-0.2, -0.15) is 0 Å². The van der Waals surface area contributed by atoms with Crippen molar-refractivity contribution in [3.63, 3.8) is 0 Å². The smallest absolute Gasteiger partial charge is 0.127 e. The number of H-pyrrole nitrogens is 1. The number of aromatic nitrogens is 3. The highest BCUT2D eigenvalue weighted by molar-refractivity contribution is 5.48. The van der Waals surface area contributed by atoms with E-state index in [4.69, 9.17) is 5.73 Å². The summed E-state index contributed by atoms with van der Waals surface area (Å²) < 4.78 is 0. The first kappa shape index (κ1) is 10.6. The normalized spacial score (nSPS) is 12.6. The van der Waals surface area contributed by atoms with Crippen LogP contribution in [0.5, 0.6) is 0 Å². The summed E-state index contributed by atoms with van der Waals surface area (Å²) in [7, 11) is 0. The number of aromatic amines is 1. The molecule has 84 valence electrons. The molecule has 0 saturated carbocycles. The van der Waals surface area contributed by atoms with Gasteiger partial charge in [0.1, 0.15) is 5.82 Å². The van der Waals surface area contributed by atoms with Gasteiger partial charge in [-0.25, -0.2) is 4.98 Å². The number of nitrogens with zero attached hydrogens (tertiary/aromatic N) is 2. The van der Waals surface area contributed by atoms with Gasteiger partial charge in [0.25, 0.3) is 0 Å². The van der Waals surface area contributed by atoms with E-state index in [1.165, 1.54) is 0 Å². The Morgan fingerprint density at radius 2 is 2.38 bits per heavy atom. The molecule has 0 radical (unpaired) electrons. The van der Waals surface area contributed by atoms with E-state index in [0.29, 0.717) is 0 Å². The number of hydrogen-bond acceptors (Lipinski definition) is 4. The maximum Gasteiger partial charge on any atom is 0.127 e. The van der Waals surface area contributed by atoms with Crippen LogP contribution in [0, 0.1) is 0 Å². The zero-order valence-electron chi connectivity index (χ0n) is 9.14. The molecule has 0 aliphatic heterocycles. The molecule has 1 unspecified atom stereocenters. The molecule has 1 atom stereocenters. The molecule has 0 fully saturated rings. The first-order valence-electron chi connectivity index (χ1n) is 5.25. The average molecular weight is 217 g/mol. The number of hydrogen-bond donors (Lipinski definition) is 3. The van der Waals surface area contributed by atoms with Crippen LogP contribution >= 0.6 is 0 Å². The maximum atomic E-state index is 5.94. The number of rotatable bonds is 4. The van der Waals surface area contributed by atoms with E-state index < -0.39 is 0 Å². The van der Waals surface area contributed by atoms with Crippen LogP contribution in [0.3, 0.4) is 0 Å².